The summed E-state index contributed by atoms with van der Waals surface area (Å²) in [6.45, 7) is 4.41. The number of aromatic nitrogens is 1. The van der Waals surface area contributed by atoms with Crippen LogP contribution in [-0.4, -0.2) is 63.6 Å². The Kier molecular flexibility index (Phi) is 8.39. The molecule has 1 aromatic carbocycles. The first kappa shape index (κ1) is 21.2. The van der Waals surface area contributed by atoms with E-state index >= 15 is 0 Å². The first-order chi connectivity index (χ1) is 14.3. The zero-order valence-corrected chi connectivity index (χ0v) is 16.5. The van der Waals surface area contributed by atoms with Crippen molar-refractivity contribution in [1.82, 2.24) is 4.98 Å². The van der Waals surface area contributed by atoms with Crippen LogP contribution in [0.2, 0.25) is 0 Å². The van der Waals surface area contributed by atoms with Gasteiger partial charge in [0.1, 0.15) is 5.82 Å². The molecule has 0 saturated heterocycles. The van der Waals surface area contributed by atoms with Crippen LogP contribution >= 0.6 is 0 Å². The third kappa shape index (κ3) is 6.50. The van der Waals surface area contributed by atoms with E-state index in [4.69, 9.17) is 19.9 Å². The molecule has 1 aliphatic heterocycles. The van der Waals surface area contributed by atoms with Gasteiger partial charge in [0.05, 0.1) is 46.1 Å². The topological polar surface area (TPSA) is 108 Å². The molecular formula is C21H28N4O4. The molecule has 3 rings (SSSR count). The Balaban J connectivity index is 1.40. The second-order valence-corrected chi connectivity index (χ2v) is 6.55. The standard InChI is InChI=1S/C21H28N4O4/c22-5-8-27-10-12-29-13-11-28-9-7-24-21-18(2-1-6-23-21)16-3-4-19-17(14-16)15-20(26)25-19/h1-4,6,14H,5,7-13,15,22H2,(H,23,24)(H,25,26). The second kappa shape index (κ2) is 11.5. The van der Waals surface area contributed by atoms with Crippen LogP contribution in [0.4, 0.5) is 11.5 Å². The zero-order chi connectivity index (χ0) is 20.3. The quantitative estimate of drug-likeness (QED) is 0.439. The molecular weight excluding hydrogens is 372 g/mol. The molecule has 0 saturated carbocycles. The van der Waals surface area contributed by atoms with Crippen molar-refractivity contribution in [2.24, 2.45) is 5.73 Å². The highest BCUT2D eigenvalue weighted by Gasteiger charge is 2.18. The van der Waals surface area contributed by atoms with Gasteiger partial charge in [0, 0.05) is 30.5 Å². The minimum absolute atomic E-state index is 0.0332. The Morgan fingerprint density at radius 1 is 1.03 bits per heavy atom. The Hall–Kier alpha value is -2.52. The molecule has 4 N–H and O–H groups in total. The molecule has 0 spiro atoms. The van der Waals surface area contributed by atoms with Gasteiger partial charge in [-0.3, -0.25) is 4.79 Å². The van der Waals surface area contributed by atoms with Crippen LogP contribution in [0.15, 0.2) is 36.5 Å². The monoisotopic (exact) mass is 400 g/mol. The van der Waals surface area contributed by atoms with E-state index in [1.165, 1.54) is 0 Å². The highest BCUT2D eigenvalue weighted by Crippen LogP contribution is 2.31. The van der Waals surface area contributed by atoms with Crippen LogP contribution in [-0.2, 0) is 25.4 Å². The van der Waals surface area contributed by atoms with Gasteiger partial charge >= 0.3 is 0 Å². The molecule has 0 unspecified atom stereocenters. The number of carbonyl (C=O) groups excluding carboxylic acids is 1. The maximum Gasteiger partial charge on any atom is 0.228 e. The van der Waals surface area contributed by atoms with E-state index in [1.807, 2.05) is 30.3 Å². The number of hydrogen-bond donors (Lipinski definition) is 3. The van der Waals surface area contributed by atoms with Crippen molar-refractivity contribution >= 4 is 17.4 Å². The van der Waals surface area contributed by atoms with Crippen molar-refractivity contribution in [3.05, 3.63) is 42.1 Å². The minimum atomic E-state index is 0.0332. The fraction of sp³-hybridized carbons (Fsp3) is 0.429. The van der Waals surface area contributed by atoms with Gasteiger partial charge < -0.3 is 30.6 Å². The number of hydrogen-bond acceptors (Lipinski definition) is 7. The average Bonchev–Trinajstić information content (AvgIpc) is 3.11. The highest BCUT2D eigenvalue weighted by atomic mass is 16.5. The minimum Gasteiger partial charge on any atom is -0.378 e. The molecule has 0 atom stereocenters. The smallest absolute Gasteiger partial charge is 0.228 e. The number of anilines is 2. The molecule has 0 radical (unpaired) electrons. The number of benzene rings is 1. The van der Waals surface area contributed by atoms with Crippen molar-refractivity contribution in [2.45, 2.75) is 6.42 Å². The van der Waals surface area contributed by atoms with Gasteiger partial charge in [0.25, 0.3) is 0 Å². The Bertz CT molecular complexity index is 800. The molecule has 8 heteroatoms. The number of carbonyl (C=O) groups is 1. The molecule has 0 bridgehead atoms. The molecule has 2 heterocycles. The van der Waals surface area contributed by atoms with Gasteiger partial charge in [-0.15, -0.1) is 0 Å². The molecule has 2 aromatic rings. The lowest BCUT2D eigenvalue weighted by molar-refractivity contribution is -0.115. The maximum atomic E-state index is 11.6. The summed E-state index contributed by atoms with van der Waals surface area (Å²) in [7, 11) is 0. The van der Waals surface area contributed by atoms with E-state index in [2.05, 4.69) is 15.6 Å². The van der Waals surface area contributed by atoms with E-state index in [1.54, 1.807) is 6.20 Å². The Labute approximate surface area is 170 Å². The predicted molar refractivity (Wildman–Crippen MR) is 112 cm³/mol. The number of pyridine rings is 1. The van der Waals surface area contributed by atoms with Crippen LogP contribution in [0.3, 0.4) is 0 Å². The first-order valence-corrected chi connectivity index (χ1v) is 9.83. The van der Waals surface area contributed by atoms with E-state index in [0.717, 1.165) is 28.2 Å². The third-order valence-electron chi connectivity index (χ3n) is 4.39. The zero-order valence-electron chi connectivity index (χ0n) is 16.5. The van der Waals surface area contributed by atoms with Crippen LogP contribution < -0.4 is 16.4 Å². The molecule has 1 amide bonds. The van der Waals surface area contributed by atoms with Crippen LogP contribution in [0.1, 0.15) is 5.56 Å². The number of nitrogens with zero attached hydrogens (tertiary/aromatic N) is 1. The average molecular weight is 400 g/mol. The van der Waals surface area contributed by atoms with Crippen LogP contribution in [0.25, 0.3) is 11.1 Å². The lowest BCUT2D eigenvalue weighted by Crippen LogP contribution is -2.15. The van der Waals surface area contributed by atoms with Crippen molar-refractivity contribution in [3.63, 3.8) is 0 Å². The fourth-order valence-electron chi connectivity index (χ4n) is 3.04. The number of nitrogens with two attached hydrogens (primary N) is 1. The van der Waals surface area contributed by atoms with Gasteiger partial charge in [-0.1, -0.05) is 6.07 Å². The van der Waals surface area contributed by atoms with E-state index in [0.29, 0.717) is 59.2 Å². The van der Waals surface area contributed by atoms with Crippen molar-refractivity contribution < 1.29 is 19.0 Å². The summed E-state index contributed by atoms with van der Waals surface area (Å²) in [5, 5.41) is 6.18. The summed E-state index contributed by atoms with van der Waals surface area (Å²) >= 11 is 0. The first-order valence-electron chi connectivity index (χ1n) is 9.83. The normalized spacial score (nSPS) is 12.7. The molecule has 0 aliphatic carbocycles. The van der Waals surface area contributed by atoms with Gasteiger partial charge in [0.2, 0.25) is 5.91 Å². The Morgan fingerprint density at radius 2 is 1.79 bits per heavy atom. The number of nitrogens with one attached hydrogen (secondary N) is 2. The SMILES string of the molecule is NCCOCCOCCOCCNc1ncccc1-c1ccc2c(c1)CC(=O)N2. The molecule has 156 valence electrons. The second-order valence-electron chi connectivity index (χ2n) is 6.55. The van der Waals surface area contributed by atoms with Gasteiger partial charge in [-0.05, 0) is 35.4 Å². The molecule has 8 nitrogen and oxygen atoms in total. The fourth-order valence-corrected chi connectivity index (χ4v) is 3.04. The van der Waals surface area contributed by atoms with Crippen LogP contribution in [0, 0.1) is 0 Å². The number of amides is 1. The predicted octanol–water partition coefficient (Wildman–Crippen LogP) is 1.66. The Morgan fingerprint density at radius 3 is 2.59 bits per heavy atom. The lowest BCUT2D eigenvalue weighted by atomic mass is 10.0. The van der Waals surface area contributed by atoms with Gasteiger partial charge in [0.15, 0.2) is 0 Å². The summed E-state index contributed by atoms with van der Waals surface area (Å²) in [4.78, 5) is 16.0. The maximum absolute atomic E-state index is 11.6. The summed E-state index contributed by atoms with van der Waals surface area (Å²) in [6.07, 6.45) is 2.17. The van der Waals surface area contributed by atoms with E-state index in [-0.39, 0.29) is 5.91 Å². The summed E-state index contributed by atoms with van der Waals surface area (Å²) in [6, 6.07) is 9.90. The van der Waals surface area contributed by atoms with Gasteiger partial charge in [-0.25, -0.2) is 4.98 Å². The number of fused-ring (bicyclic) bond motifs is 1. The largest absolute Gasteiger partial charge is 0.378 e. The lowest BCUT2D eigenvalue weighted by Gasteiger charge is -2.12. The van der Waals surface area contributed by atoms with Crippen molar-refractivity contribution in [2.75, 3.05) is 63.4 Å². The summed E-state index contributed by atoms with van der Waals surface area (Å²) in [5.74, 6) is 0.826. The molecule has 0 fully saturated rings. The number of ether oxygens (including phenoxy) is 3. The third-order valence-corrected chi connectivity index (χ3v) is 4.39. The summed E-state index contributed by atoms with van der Waals surface area (Å²) < 4.78 is 16.2. The van der Waals surface area contributed by atoms with E-state index in [9.17, 15) is 4.79 Å². The molecule has 1 aromatic heterocycles. The van der Waals surface area contributed by atoms with E-state index < -0.39 is 0 Å². The number of rotatable bonds is 13. The van der Waals surface area contributed by atoms with Crippen molar-refractivity contribution in [3.8, 4) is 11.1 Å². The van der Waals surface area contributed by atoms with Gasteiger partial charge in [-0.2, -0.15) is 0 Å². The van der Waals surface area contributed by atoms with Crippen molar-refractivity contribution in [1.29, 1.82) is 0 Å². The molecule has 1 aliphatic rings. The highest BCUT2D eigenvalue weighted by molar-refractivity contribution is 5.99. The van der Waals surface area contributed by atoms with Crippen LogP contribution in [0.5, 0.6) is 0 Å². The molecule has 29 heavy (non-hydrogen) atoms. The summed E-state index contributed by atoms with van der Waals surface area (Å²) in [5.41, 5.74) is 9.26.